The molecule has 1 aromatic carbocycles. The van der Waals surface area contributed by atoms with Gasteiger partial charge in [-0.15, -0.1) is 11.3 Å². The van der Waals surface area contributed by atoms with Crippen molar-refractivity contribution in [2.75, 3.05) is 5.32 Å². The van der Waals surface area contributed by atoms with Gasteiger partial charge in [0.1, 0.15) is 0 Å². The van der Waals surface area contributed by atoms with E-state index >= 15 is 0 Å². The Hall–Kier alpha value is -2.48. The van der Waals surface area contributed by atoms with Crippen LogP contribution in [-0.2, 0) is 0 Å². The molecule has 7 nitrogen and oxygen atoms in total. The minimum atomic E-state index is -1.22. The molecule has 0 amide bonds. The van der Waals surface area contributed by atoms with Gasteiger partial charge in [-0.3, -0.25) is 10.1 Å². The molecule has 1 aliphatic rings. The van der Waals surface area contributed by atoms with E-state index in [0.29, 0.717) is 16.7 Å². The SMILES string of the molecule is O=C(O)c1cc([N+](=O)[O-])ccc1Nc1nc(C2CC2)cs1. The third-order valence-corrected chi connectivity index (χ3v) is 3.98. The summed E-state index contributed by atoms with van der Waals surface area (Å²) in [5.74, 6) is -0.701. The molecule has 1 aromatic heterocycles. The highest BCUT2D eigenvalue weighted by Gasteiger charge is 2.26. The van der Waals surface area contributed by atoms with E-state index in [2.05, 4.69) is 10.3 Å². The number of non-ortho nitro benzene ring substituents is 1. The van der Waals surface area contributed by atoms with E-state index in [-0.39, 0.29) is 11.3 Å². The maximum Gasteiger partial charge on any atom is 0.338 e. The second-order valence-corrected chi connectivity index (χ2v) is 5.63. The van der Waals surface area contributed by atoms with Crippen molar-refractivity contribution < 1.29 is 14.8 Å². The molecule has 0 unspecified atom stereocenters. The predicted molar refractivity (Wildman–Crippen MR) is 77.4 cm³/mol. The van der Waals surface area contributed by atoms with Crippen LogP contribution in [0.3, 0.4) is 0 Å². The zero-order chi connectivity index (χ0) is 15.0. The lowest BCUT2D eigenvalue weighted by Gasteiger charge is -2.06. The fourth-order valence-corrected chi connectivity index (χ4v) is 2.76. The number of hydrogen-bond donors (Lipinski definition) is 2. The van der Waals surface area contributed by atoms with Crippen molar-refractivity contribution in [3.63, 3.8) is 0 Å². The van der Waals surface area contributed by atoms with Crippen molar-refractivity contribution in [2.45, 2.75) is 18.8 Å². The maximum atomic E-state index is 11.2. The number of nitro groups is 1. The average Bonchev–Trinajstić information content (AvgIpc) is 3.19. The van der Waals surface area contributed by atoms with E-state index in [1.54, 1.807) is 0 Å². The highest BCUT2D eigenvalue weighted by Crippen LogP contribution is 2.41. The summed E-state index contributed by atoms with van der Waals surface area (Å²) < 4.78 is 0. The van der Waals surface area contributed by atoms with Gasteiger partial charge in [0.05, 0.1) is 21.9 Å². The number of carbonyl (C=O) groups is 1. The van der Waals surface area contributed by atoms with Gasteiger partial charge in [-0.05, 0) is 18.9 Å². The summed E-state index contributed by atoms with van der Waals surface area (Å²) in [5.41, 5.74) is 0.911. The molecule has 1 saturated carbocycles. The highest BCUT2D eigenvalue weighted by molar-refractivity contribution is 7.13. The van der Waals surface area contributed by atoms with E-state index in [0.717, 1.165) is 24.6 Å². The molecule has 0 saturated heterocycles. The molecule has 3 rings (SSSR count). The zero-order valence-electron chi connectivity index (χ0n) is 10.8. The Morgan fingerprint density at radius 1 is 1.48 bits per heavy atom. The minimum Gasteiger partial charge on any atom is -0.478 e. The van der Waals surface area contributed by atoms with Gasteiger partial charge >= 0.3 is 5.97 Å². The largest absolute Gasteiger partial charge is 0.478 e. The van der Waals surface area contributed by atoms with Crippen LogP contribution < -0.4 is 5.32 Å². The van der Waals surface area contributed by atoms with Gasteiger partial charge in [-0.1, -0.05) is 0 Å². The molecular formula is C13H11N3O4S. The summed E-state index contributed by atoms with van der Waals surface area (Å²) in [4.78, 5) is 25.7. The number of anilines is 2. The first kappa shape index (κ1) is 13.5. The van der Waals surface area contributed by atoms with Crippen LogP contribution in [-0.4, -0.2) is 21.0 Å². The van der Waals surface area contributed by atoms with Gasteiger partial charge in [-0.25, -0.2) is 9.78 Å². The Labute approximate surface area is 123 Å². The molecule has 0 aliphatic heterocycles. The second-order valence-electron chi connectivity index (χ2n) is 4.77. The minimum absolute atomic E-state index is 0.146. The van der Waals surface area contributed by atoms with Crippen molar-refractivity contribution in [3.05, 3.63) is 45.0 Å². The number of carboxylic acid groups (broad SMARTS) is 1. The van der Waals surface area contributed by atoms with Gasteiger partial charge in [0.25, 0.3) is 5.69 Å². The van der Waals surface area contributed by atoms with Crippen LogP contribution in [0.2, 0.25) is 0 Å². The Kier molecular flexibility index (Phi) is 3.30. The fraction of sp³-hybridized carbons (Fsp3) is 0.231. The number of benzene rings is 1. The number of aromatic carboxylic acids is 1. The molecule has 0 bridgehead atoms. The number of nitrogens with one attached hydrogen (secondary N) is 1. The third-order valence-electron chi connectivity index (χ3n) is 3.20. The molecule has 108 valence electrons. The number of carboxylic acids is 1. The van der Waals surface area contributed by atoms with Crippen LogP contribution in [0.15, 0.2) is 23.6 Å². The third kappa shape index (κ3) is 2.84. The van der Waals surface area contributed by atoms with Crippen LogP contribution in [0, 0.1) is 10.1 Å². The molecule has 1 heterocycles. The second kappa shape index (κ2) is 5.13. The molecule has 0 atom stereocenters. The van der Waals surface area contributed by atoms with Crippen LogP contribution >= 0.6 is 11.3 Å². The Balaban J connectivity index is 1.89. The van der Waals surface area contributed by atoms with Crippen LogP contribution in [0.4, 0.5) is 16.5 Å². The van der Waals surface area contributed by atoms with Crippen molar-refractivity contribution in [3.8, 4) is 0 Å². The summed E-state index contributed by atoms with van der Waals surface area (Å²) in [7, 11) is 0. The summed E-state index contributed by atoms with van der Waals surface area (Å²) in [6.07, 6.45) is 2.28. The van der Waals surface area contributed by atoms with Gasteiger partial charge < -0.3 is 10.4 Å². The standard InChI is InChI=1S/C13H11N3O4S/c17-12(18)9-5-8(16(19)20)3-4-10(9)14-13-15-11(6-21-13)7-1-2-7/h3-7H,1-2H2,(H,14,15)(H,17,18). The summed E-state index contributed by atoms with van der Waals surface area (Å²) >= 11 is 1.39. The lowest BCUT2D eigenvalue weighted by molar-refractivity contribution is -0.384. The van der Waals surface area contributed by atoms with Crippen molar-refractivity contribution in [1.82, 2.24) is 4.98 Å². The first-order chi connectivity index (χ1) is 10.0. The lowest BCUT2D eigenvalue weighted by Crippen LogP contribution is -2.04. The summed E-state index contributed by atoms with van der Waals surface area (Å²) in [6, 6.07) is 3.70. The fourth-order valence-electron chi connectivity index (χ4n) is 1.96. The van der Waals surface area contributed by atoms with Gasteiger partial charge in [0.2, 0.25) is 0 Å². The number of thiazole rings is 1. The molecule has 2 aromatic rings. The molecule has 1 aliphatic carbocycles. The van der Waals surface area contributed by atoms with Crippen molar-refractivity contribution >= 4 is 33.8 Å². The van der Waals surface area contributed by atoms with Crippen molar-refractivity contribution in [1.29, 1.82) is 0 Å². The quantitative estimate of drug-likeness (QED) is 0.648. The Morgan fingerprint density at radius 3 is 2.86 bits per heavy atom. The molecule has 0 spiro atoms. The molecule has 1 fully saturated rings. The highest BCUT2D eigenvalue weighted by atomic mass is 32.1. The Morgan fingerprint density at radius 2 is 2.24 bits per heavy atom. The molecular weight excluding hydrogens is 294 g/mol. The smallest absolute Gasteiger partial charge is 0.338 e. The van der Waals surface area contributed by atoms with Crippen LogP contribution in [0.25, 0.3) is 0 Å². The predicted octanol–water partition coefficient (Wildman–Crippen LogP) is 3.37. The van der Waals surface area contributed by atoms with E-state index in [4.69, 9.17) is 0 Å². The van der Waals surface area contributed by atoms with E-state index in [1.165, 1.54) is 23.5 Å². The van der Waals surface area contributed by atoms with Gasteiger partial charge in [-0.2, -0.15) is 0 Å². The number of rotatable bonds is 5. The first-order valence-electron chi connectivity index (χ1n) is 6.29. The molecule has 8 heteroatoms. The van der Waals surface area contributed by atoms with Gasteiger partial charge in [0, 0.05) is 23.4 Å². The van der Waals surface area contributed by atoms with E-state index in [1.807, 2.05) is 5.38 Å². The van der Waals surface area contributed by atoms with Gasteiger partial charge in [0.15, 0.2) is 5.13 Å². The zero-order valence-corrected chi connectivity index (χ0v) is 11.6. The van der Waals surface area contributed by atoms with E-state index in [9.17, 15) is 20.0 Å². The van der Waals surface area contributed by atoms with E-state index < -0.39 is 10.9 Å². The normalized spacial score (nSPS) is 13.9. The number of hydrogen-bond acceptors (Lipinski definition) is 6. The average molecular weight is 305 g/mol. The van der Waals surface area contributed by atoms with Crippen molar-refractivity contribution in [2.24, 2.45) is 0 Å². The number of aromatic nitrogens is 1. The topological polar surface area (TPSA) is 105 Å². The number of nitrogens with zero attached hydrogens (tertiary/aromatic N) is 2. The maximum absolute atomic E-state index is 11.2. The monoisotopic (exact) mass is 305 g/mol. The molecule has 21 heavy (non-hydrogen) atoms. The number of nitro benzene ring substituents is 1. The van der Waals surface area contributed by atoms with Crippen LogP contribution in [0.1, 0.15) is 34.8 Å². The van der Waals surface area contributed by atoms with Crippen LogP contribution in [0.5, 0.6) is 0 Å². The molecule has 2 N–H and O–H groups in total. The first-order valence-corrected chi connectivity index (χ1v) is 7.17. The summed E-state index contributed by atoms with van der Waals surface area (Å²) in [6.45, 7) is 0. The summed E-state index contributed by atoms with van der Waals surface area (Å²) in [5, 5.41) is 25.4. The lowest BCUT2D eigenvalue weighted by atomic mass is 10.1. The Bertz CT molecular complexity index is 724. The molecule has 0 radical (unpaired) electrons.